The van der Waals surface area contributed by atoms with E-state index in [1.807, 2.05) is 0 Å². The van der Waals surface area contributed by atoms with Crippen LogP contribution in [0.2, 0.25) is 0 Å². The molecule has 0 radical (unpaired) electrons. The number of aliphatic hydroxyl groups is 1. The summed E-state index contributed by atoms with van der Waals surface area (Å²) in [5.41, 5.74) is 5.18. The fraction of sp³-hybridized carbons (Fsp3) is 0.538. The second-order valence-electron chi connectivity index (χ2n) is 4.89. The maximum atomic E-state index is 12.2. The van der Waals surface area contributed by atoms with Crippen LogP contribution in [-0.4, -0.2) is 40.0 Å². The number of pyridine rings is 1. The summed E-state index contributed by atoms with van der Waals surface area (Å²) in [6.45, 7) is 3.04. The van der Waals surface area contributed by atoms with Gasteiger partial charge in [0.05, 0.1) is 0 Å². The molecule has 1 aromatic heterocycles. The number of carbonyl (C=O) groups excluding carboxylic acids is 1. The van der Waals surface area contributed by atoms with Gasteiger partial charge in [0.25, 0.3) is 0 Å². The minimum absolute atomic E-state index is 0.186. The molecule has 3 N–H and O–H groups in total. The van der Waals surface area contributed by atoms with Gasteiger partial charge in [0.1, 0.15) is 11.6 Å². The van der Waals surface area contributed by atoms with Crippen molar-refractivity contribution in [2.45, 2.75) is 31.4 Å². The lowest BCUT2D eigenvalue weighted by atomic mass is 9.88. The van der Waals surface area contributed by atoms with Gasteiger partial charge in [0.15, 0.2) is 0 Å². The van der Waals surface area contributed by atoms with Crippen molar-refractivity contribution in [1.29, 1.82) is 0 Å². The topological polar surface area (TPSA) is 79.5 Å². The summed E-state index contributed by atoms with van der Waals surface area (Å²) in [5, 5.41) is 10.5. The molecule has 0 unspecified atom stereocenters. The molecule has 0 aliphatic carbocycles. The van der Waals surface area contributed by atoms with Crippen LogP contribution in [-0.2, 0) is 10.4 Å². The van der Waals surface area contributed by atoms with Crippen LogP contribution in [0.5, 0.6) is 0 Å². The quantitative estimate of drug-likeness (QED) is 0.804. The van der Waals surface area contributed by atoms with Crippen molar-refractivity contribution >= 4 is 5.91 Å². The van der Waals surface area contributed by atoms with E-state index in [0.29, 0.717) is 5.56 Å². The molecule has 18 heavy (non-hydrogen) atoms. The van der Waals surface area contributed by atoms with E-state index in [9.17, 15) is 9.90 Å². The third kappa shape index (κ3) is 2.37. The Bertz CT molecular complexity index is 414. The Labute approximate surface area is 107 Å². The van der Waals surface area contributed by atoms with Gasteiger partial charge in [0, 0.05) is 25.5 Å². The maximum absolute atomic E-state index is 12.2. The molecule has 98 valence electrons. The Kier molecular flexibility index (Phi) is 3.63. The summed E-state index contributed by atoms with van der Waals surface area (Å²) < 4.78 is 0. The van der Waals surface area contributed by atoms with E-state index >= 15 is 0 Å². The number of rotatable bonds is 3. The van der Waals surface area contributed by atoms with Gasteiger partial charge in [-0.25, -0.2) is 0 Å². The molecule has 1 aromatic rings. The third-order valence-corrected chi connectivity index (χ3v) is 3.55. The summed E-state index contributed by atoms with van der Waals surface area (Å²) in [7, 11) is 0. The van der Waals surface area contributed by atoms with E-state index in [1.54, 1.807) is 36.4 Å². The van der Waals surface area contributed by atoms with E-state index in [1.165, 1.54) is 0 Å². The molecule has 1 fully saturated rings. The van der Waals surface area contributed by atoms with E-state index in [0.717, 1.165) is 25.9 Å². The Hall–Kier alpha value is -1.46. The van der Waals surface area contributed by atoms with Crippen molar-refractivity contribution in [1.82, 2.24) is 9.88 Å². The molecule has 1 amide bonds. The average Bonchev–Trinajstić information content (AvgIpc) is 2.92. The van der Waals surface area contributed by atoms with Crippen LogP contribution in [0.25, 0.3) is 0 Å². The number of hydrogen-bond donors (Lipinski definition) is 2. The normalized spacial score (nSPS) is 20.5. The van der Waals surface area contributed by atoms with Crippen LogP contribution in [0.1, 0.15) is 25.3 Å². The van der Waals surface area contributed by atoms with Crippen LogP contribution in [0.4, 0.5) is 0 Å². The number of carbonyl (C=O) groups is 1. The van der Waals surface area contributed by atoms with Gasteiger partial charge >= 0.3 is 0 Å². The summed E-state index contributed by atoms with van der Waals surface area (Å²) in [5.74, 6) is -0.186. The van der Waals surface area contributed by atoms with E-state index in [2.05, 4.69) is 4.98 Å². The van der Waals surface area contributed by atoms with Crippen molar-refractivity contribution in [3.8, 4) is 0 Å². The molecule has 2 atom stereocenters. The zero-order valence-corrected chi connectivity index (χ0v) is 10.5. The van der Waals surface area contributed by atoms with Gasteiger partial charge in [-0.1, -0.05) is 0 Å². The van der Waals surface area contributed by atoms with Crippen LogP contribution < -0.4 is 5.73 Å². The number of hydrogen-bond acceptors (Lipinski definition) is 4. The van der Waals surface area contributed by atoms with Gasteiger partial charge in [-0.2, -0.15) is 0 Å². The highest BCUT2D eigenvalue weighted by atomic mass is 16.3. The molecule has 0 bridgehead atoms. The van der Waals surface area contributed by atoms with E-state index < -0.39 is 11.6 Å². The second-order valence-corrected chi connectivity index (χ2v) is 4.89. The summed E-state index contributed by atoms with van der Waals surface area (Å²) >= 11 is 0. The van der Waals surface area contributed by atoms with Crippen molar-refractivity contribution in [2.75, 3.05) is 13.1 Å². The first-order chi connectivity index (χ1) is 8.53. The average molecular weight is 249 g/mol. The lowest BCUT2D eigenvalue weighted by Crippen LogP contribution is -2.54. The minimum atomic E-state index is -1.37. The SMILES string of the molecule is C[C@@](O)(c1ccncc1)[C@@H](N)C(=O)N1CCCC1. The van der Waals surface area contributed by atoms with E-state index in [4.69, 9.17) is 5.73 Å². The standard InChI is InChI=1S/C13H19N3O2/c1-13(18,10-4-6-15-7-5-10)11(14)12(17)16-8-2-3-9-16/h4-7,11,18H,2-3,8-9,14H2,1H3/t11-,13+/m0/s1. The highest BCUT2D eigenvalue weighted by molar-refractivity contribution is 5.83. The van der Waals surface area contributed by atoms with Gasteiger partial charge in [0.2, 0.25) is 5.91 Å². The molecule has 5 heteroatoms. The fourth-order valence-corrected chi connectivity index (χ4v) is 2.24. The molecule has 0 saturated carbocycles. The highest BCUT2D eigenvalue weighted by Gasteiger charge is 2.38. The van der Waals surface area contributed by atoms with Crippen LogP contribution in [0, 0.1) is 0 Å². The fourth-order valence-electron chi connectivity index (χ4n) is 2.24. The first-order valence-corrected chi connectivity index (χ1v) is 6.20. The highest BCUT2D eigenvalue weighted by Crippen LogP contribution is 2.24. The van der Waals surface area contributed by atoms with E-state index in [-0.39, 0.29) is 5.91 Å². The number of likely N-dealkylation sites (tertiary alicyclic amines) is 1. The monoisotopic (exact) mass is 249 g/mol. The Morgan fingerprint density at radius 2 is 2.00 bits per heavy atom. The van der Waals surface area contributed by atoms with Crippen LogP contribution in [0.3, 0.4) is 0 Å². The van der Waals surface area contributed by atoms with Gasteiger partial charge in [-0.3, -0.25) is 9.78 Å². The molecule has 0 spiro atoms. The summed E-state index contributed by atoms with van der Waals surface area (Å²) in [6.07, 6.45) is 5.18. The predicted octanol–water partition coefficient (Wildman–Crippen LogP) is 0.239. The van der Waals surface area contributed by atoms with Crippen molar-refractivity contribution in [2.24, 2.45) is 5.73 Å². The first kappa shape index (κ1) is 13.0. The molecule has 1 saturated heterocycles. The largest absolute Gasteiger partial charge is 0.383 e. The Morgan fingerprint density at radius 3 is 2.56 bits per heavy atom. The molecule has 2 heterocycles. The van der Waals surface area contributed by atoms with Crippen LogP contribution >= 0.6 is 0 Å². The predicted molar refractivity (Wildman–Crippen MR) is 67.6 cm³/mol. The summed E-state index contributed by atoms with van der Waals surface area (Å²) in [4.78, 5) is 17.8. The number of amides is 1. The second kappa shape index (κ2) is 5.04. The summed E-state index contributed by atoms with van der Waals surface area (Å²) in [6, 6.07) is 2.41. The third-order valence-electron chi connectivity index (χ3n) is 3.55. The van der Waals surface area contributed by atoms with Crippen molar-refractivity contribution < 1.29 is 9.90 Å². The molecule has 1 aliphatic heterocycles. The number of nitrogens with two attached hydrogens (primary N) is 1. The molecule has 2 rings (SSSR count). The lowest BCUT2D eigenvalue weighted by molar-refractivity contribution is -0.137. The van der Waals surface area contributed by atoms with Crippen molar-refractivity contribution in [3.63, 3.8) is 0 Å². The number of aromatic nitrogens is 1. The Morgan fingerprint density at radius 1 is 1.44 bits per heavy atom. The molecular formula is C13H19N3O2. The Balaban J connectivity index is 2.16. The zero-order valence-electron chi connectivity index (χ0n) is 10.5. The molecule has 1 aliphatic rings. The number of nitrogens with zero attached hydrogens (tertiary/aromatic N) is 2. The minimum Gasteiger partial charge on any atom is -0.383 e. The lowest BCUT2D eigenvalue weighted by Gasteiger charge is -2.32. The molecular weight excluding hydrogens is 230 g/mol. The molecule has 5 nitrogen and oxygen atoms in total. The van der Waals surface area contributed by atoms with Crippen molar-refractivity contribution in [3.05, 3.63) is 30.1 Å². The van der Waals surface area contributed by atoms with Crippen LogP contribution in [0.15, 0.2) is 24.5 Å². The zero-order chi connectivity index (χ0) is 13.2. The first-order valence-electron chi connectivity index (χ1n) is 6.20. The maximum Gasteiger partial charge on any atom is 0.242 e. The van der Waals surface area contributed by atoms with Gasteiger partial charge in [-0.15, -0.1) is 0 Å². The van der Waals surface area contributed by atoms with Gasteiger partial charge < -0.3 is 15.7 Å². The molecule has 0 aromatic carbocycles. The van der Waals surface area contributed by atoms with Gasteiger partial charge in [-0.05, 0) is 37.5 Å². The smallest absolute Gasteiger partial charge is 0.242 e.